The topological polar surface area (TPSA) is 71.0 Å². The van der Waals surface area contributed by atoms with E-state index in [0.29, 0.717) is 17.1 Å². The van der Waals surface area contributed by atoms with Gasteiger partial charge in [-0.2, -0.15) is 5.10 Å². The first-order chi connectivity index (χ1) is 11.6. The van der Waals surface area contributed by atoms with Crippen LogP contribution in [0.1, 0.15) is 12.5 Å². The van der Waals surface area contributed by atoms with Gasteiger partial charge >= 0.3 is 0 Å². The van der Waals surface area contributed by atoms with E-state index >= 15 is 0 Å². The van der Waals surface area contributed by atoms with E-state index in [1.807, 2.05) is 43.3 Å². The molecule has 0 bridgehead atoms. The number of hydrogen-bond acceptors (Lipinski definition) is 4. The van der Waals surface area contributed by atoms with Crippen LogP contribution in [0, 0.1) is 0 Å². The van der Waals surface area contributed by atoms with Crippen LogP contribution in [-0.2, 0) is 9.59 Å². The lowest BCUT2D eigenvalue weighted by molar-refractivity contribution is -0.125. The largest absolute Gasteiger partial charge is 0.482 e. The second kappa shape index (κ2) is 6.95. The molecule has 3 rings (SSSR count). The zero-order valence-electron chi connectivity index (χ0n) is 13.2. The summed E-state index contributed by atoms with van der Waals surface area (Å²) in [5, 5.41) is 4.09. The van der Waals surface area contributed by atoms with Crippen molar-refractivity contribution in [1.29, 1.82) is 0 Å². The van der Waals surface area contributed by atoms with Gasteiger partial charge in [0.2, 0.25) is 0 Å². The van der Waals surface area contributed by atoms with Gasteiger partial charge in [0.25, 0.3) is 11.8 Å². The van der Waals surface area contributed by atoms with Crippen molar-refractivity contribution >= 4 is 23.2 Å². The first-order valence-electron chi connectivity index (χ1n) is 7.56. The standard InChI is InChI=1S/C18H17N3O3/c1-13(14-7-3-2-4-8-14)19-20-17(22)11-21-15-9-5-6-10-16(15)24-12-18(21)23/h2-10H,11-12H2,1H3,(H,20,22)/b19-13-. The van der Waals surface area contributed by atoms with E-state index < -0.39 is 0 Å². The number of ether oxygens (including phenoxy) is 1. The number of para-hydroxylation sites is 2. The van der Waals surface area contributed by atoms with Crippen LogP contribution >= 0.6 is 0 Å². The molecule has 0 unspecified atom stereocenters. The number of fused-ring (bicyclic) bond motifs is 1. The van der Waals surface area contributed by atoms with Crippen LogP contribution in [0.2, 0.25) is 0 Å². The monoisotopic (exact) mass is 323 g/mol. The SMILES string of the molecule is C/C(=N/NC(=O)CN1C(=O)COc2ccccc21)c1ccccc1. The van der Waals surface area contributed by atoms with E-state index in [4.69, 9.17) is 4.74 Å². The molecule has 24 heavy (non-hydrogen) atoms. The molecular formula is C18H17N3O3. The molecule has 0 atom stereocenters. The van der Waals surface area contributed by atoms with Crippen molar-refractivity contribution in [2.24, 2.45) is 5.10 Å². The summed E-state index contributed by atoms with van der Waals surface area (Å²) in [5.74, 6) is -0.0307. The second-order valence-corrected chi connectivity index (χ2v) is 5.33. The molecule has 0 spiro atoms. The molecule has 0 saturated heterocycles. The molecule has 6 nitrogen and oxygen atoms in total. The molecule has 1 aliphatic rings. The fraction of sp³-hybridized carbons (Fsp3) is 0.167. The van der Waals surface area contributed by atoms with Gasteiger partial charge in [0.1, 0.15) is 12.3 Å². The smallest absolute Gasteiger partial charge is 0.265 e. The van der Waals surface area contributed by atoms with E-state index in [0.717, 1.165) is 5.56 Å². The molecule has 2 aromatic rings. The number of carbonyl (C=O) groups is 2. The Kier molecular flexibility index (Phi) is 4.56. The van der Waals surface area contributed by atoms with E-state index in [1.165, 1.54) is 4.90 Å². The number of hydrogen-bond donors (Lipinski definition) is 1. The maximum absolute atomic E-state index is 12.1. The van der Waals surface area contributed by atoms with Crippen LogP contribution in [0.4, 0.5) is 5.69 Å². The number of benzene rings is 2. The van der Waals surface area contributed by atoms with Crippen molar-refractivity contribution in [2.75, 3.05) is 18.1 Å². The minimum atomic E-state index is -0.365. The Morgan fingerprint density at radius 2 is 1.88 bits per heavy atom. The third kappa shape index (κ3) is 3.43. The van der Waals surface area contributed by atoms with Gasteiger partial charge in [-0.1, -0.05) is 42.5 Å². The Hall–Kier alpha value is -3.15. The van der Waals surface area contributed by atoms with Crippen LogP contribution in [0.5, 0.6) is 5.75 Å². The molecule has 1 N–H and O–H groups in total. The maximum atomic E-state index is 12.1. The minimum absolute atomic E-state index is 0.0728. The highest BCUT2D eigenvalue weighted by Gasteiger charge is 2.26. The fourth-order valence-electron chi connectivity index (χ4n) is 2.40. The summed E-state index contributed by atoms with van der Waals surface area (Å²) in [5.41, 5.74) is 4.70. The van der Waals surface area contributed by atoms with Crippen molar-refractivity contribution in [3.8, 4) is 5.75 Å². The average molecular weight is 323 g/mol. The minimum Gasteiger partial charge on any atom is -0.482 e. The Morgan fingerprint density at radius 1 is 1.17 bits per heavy atom. The third-order valence-corrected chi connectivity index (χ3v) is 3.65. The predicted molar refractivity (Wildman–Crippen MR) is 91.1 cm³/mol. The molecule has 1 aliphatic heterocycles. The summed E-state index contributed by atoms with van der Waals surface area (Å²) in [4.78, 5) is 25.6. The van der Waals surface area contributed by atoms with E-state index in [1.54, 1.807) is 18.2 Å². The summed E-state index contributed by atoms with van der Waals surface area (Å²) in [6, 6.07) is 16.7. The highest BCUT2D eigenvalue weighted by molar-refractivity contribution is 6.03. The molecule has 0 fully saturated rings. The highest BCUT2D eigenvalue weighted by atomic mass is 16.5. The molecule has 6 heteroatoms. The summed E-state index contributed by atoms with van der Waals surface area (Å²) in [6.07, 6.45) is 0. The predicted octanol–water partition coefficient (Wildman–Crippen LogP) is 1.95. The maximum Gasteiger partial charge on any atom is 0.265 e. The molecule has 1 heterocycles. The first kappa shape index (κ1) is 15.7. The Bertz CT molecular complexity index is 787. The van der Waals surface area contributed by atoms with Gasteiger partial charge in [-0.25, -0.2) is 5.43 Å². The Morgan fingerprint density at radius 3 is 2.67 bits per heavy atom. The summed E-state index contributed by atoms with van der Waals surface area (Å²) in [7, 11) is 0. The molecule has 2 aromatic carbocycles. The Balaban J connectivity index is 1.68. The van der Waals surface area contributed by atoms with E-state index in [9.17, 15) is 9.59 Å². The molecule has 0 radical (unpaired) electrons. The lowest BCUT2D eigenvalue weighted by Gasteiger charge is -2.28. The molecule has 0 saturated carbocycles. The summed E-state index contributed by atoms with van der Waals surface area (Å²) in [6.45, 7) is 1.63. The third-order valence-electron chi connectivity index (χ3n) is 3.65. The molecular weight excluding hydrogens is 306 g/mol. The van der Waals surface area contributed by atoms with Crippen LogP contribution in [0.25, 0.3) is 0 Å². The van der Waals surface area contributed by atoms with Gasteiger partial charge in [-0.3, -0.25) is 14.5 Å². The molecule has 122 valence electrons. The van der Waals surface area contributed by atoms with Crippen LogP contribution in [-0.4, -0.2) is 30.7 Å². The number of hydrazone groups is 1. The normalized spacial score (nSPS) is 14.0. The molecule has 2 amide bonds. The first-order valence-corrected chi connectivity index (χ1v) is 7.56. The number of carbonyl (C=O) groups excluding carboxylic acids is 2. The fourth-order valence-corrected chi connectivity index (χ4v) is 2.40. The van der Waals surface area contributed by atoms with Crippen LogP contribution in [0.3, 0.4) is 0 Å². The van der Waals surface area contributed by atoms with Crippen LogP contribution in [0.15, 0.2) is 59.7 Å². The zero-order chi connectivity index (χ0) is 16.9. The van der Waals surface area contributed by atoms with Crippen LogP contribution < -0.4 is 15.1 Å². The van der Waals surface area contributed by atoms with Crippen molar-refractivity contribution in [3.63, 3.8) is 0 Å². The highest BCUT2D eigenvalue weighted by Crippen LogP contribution is 2.31. The van der Waals surface area contributed by atoms with E-state index in [-0.39, 0.29) is 25.0 Å². The number of rotatable bonds is 4. The van der Waals surface area contributed by atoms with Gasteiger partial charge in [0, 0.05) is 0 Å². The molecule has 0 aliphatic carbocycles. The average Bonchev–Trinajstić information content (AvgIpc) is 2.63. The lowest BCUT2D eigenvalue weighted by Crippen LogP contribution is -2.44. The number of anilines is 1. The summed E-state index contributed by atoms with van der Waals surface area (Å²) >= 11 is 0. The second-order valence-electron chi connectivity index (χ2n) is 5.33. The van der Waals surface area contributed by atoms with Gasteiger partial charge in [-0.05, 0) is 24.6 Å². The zero-order valence-corrected chi connectivity index (χ0v) is 13.2. The van der Waals surface area contributed by atoms with Crippen molar-refractivity contribution in [3.05, 3.63) is 60.2 Å². The van der Waals surface area contributed by atoms with Crippen molar-refractivity contribution in [2.45, 2.75) is 6.92 Å². The van der Waals surface area contributed by atoms with Crippen molar-refractivity contribution < 1.29 is 14.3 Å². The molecule has 0 aromatic heterocycles. The van der Waals surface area contributed by atoms with E-state index in [2.05, 4.69) is 10.5 Å². The van der Waals surface area contributed by atoms with Gasteiger partial charge in [-0.15, -0.1) is 0 Å². The lowest BCUT2D eigenvalue weighted by atomic mass is 10.1. The summed E-state index contributed by atoms with van der Waals surface area (Å²) < 4.78 is 5.35. The van der Waals surface area contributed by atoms with Gasteiger partial charge in [0.05, 0.1) is 11.4 Å². The van der Waals surface area contributed by atoms with Gasteiger partial charge < -0.3 is 4.74 Å². The quantitative estimate of drug-likeness (QED) is 0.690. The van der Waals surface area contributed by atoms with Crippen molar-refractivity contribution in [1.82, 2.24) is 5.43 Å². The number of nitrogens with one attached hydrogen (secondary N) is 1. The Labute approximate surface area is 139 Å². The van der Waals surface area contributed by atoms with Gasteiger partial charge in [0.15, 0.2) is 6.61 Å². The number of amides is 2. The number of nitrogens with zero attached hydrogens (tertiary/aromatic N) is 2.